The molecule has 0 unspecified atom stereocenters. The quantitative estimate of drug-likeness (QED) is 0.107. The van der Waals surface area contributed by atoms with Crippen molar-refractivity contribution in [3.05, 3.63) is 134 Å². The normalized spacial score (nSPS) is 16.8. The van der Waals surface area contributed by atoms with Gasteiger partial charge >= 0.3 is 11.9 Å². The van der Waals surface area contributed by atoms with E-state index in [0.29, 0.717) is 16.9 Å². The van der Waals surface area contributed by atoms with Crippen LogP contribution in [0.4, 0.5) is 17.1 Å². The Hall–Kier alpha value is -7.37. The average molecular weight is 747 g/mol. The Kier molecular flexibility index (Phi) is 7.80. The molecule has 3 aromatic carbocycles. The van der Waals surface area contributed by atoms with Crippen LogP contribution in [-0.2, 0) is 42.7 Å². The third-order valence-corrected chi connectivity index (χ3v) is 10.1. The number of nitrogens with zero attached hydrogens (tertiary/aromatic N) is 6. The van der Waals surface area contributed by atoms with Crippen molar-refractivity contribution in [3.63, 3.8) is 0 Å². The van der Waals surface area contributed by atoms with E-state index in [9.17, 15) is 44.7 Å². The lowest BCUT2D eigenvalue weighted by molar-refractivity contribution is -0.393. The van der Waals surface area contributed by atoms with Gasteiger partial charge in [-0.3, -0.25) is 35.1 Å². The van der Waals surface area contributed by atoms with E-state index in [-0.39, 0.29) is 64.2 Å². The molecule has 0 amide bonds. The molecule has 8 rings (SSSR count). The van der Waals surface area contributed by atoms with Crippen molar-refractivity contribution in [1.82, 2.24) is 9.55 Å². The number of non-ortho nitro benzene ring substituents is 2. The SMILES string of the molecule is CC[C@@]1(OC(=O)CO/N=C2/c3cc([N+](=O)[O-])cc(C)c3-c3c2cc([N+](=O)[O-])cc3[N+](=O)[O-])C(=O)OCc2c1cc1n(c2=O)Cc2cc3cc(C)ccc3nc2-1. The number of nitro groups is 3. The number of cyclic esters (lactones) is 1. The Labute approximate surface area is 308 Å². The molecule has 1 atom stereocenters. The van der Waals surface area contributed by atoms with E-state index < -0.39 is 61.5 Å². The van der Waals surface area contributed by atoms with Gasteiger partial charge in [-0.2, -0.15) is 0 Å². The monoisotopic (exact) mass is 746 g/mol. The second-order valence-electron chi connectivity index (χ2n) is 13.3. The molecular formula is C37H26N6O12. The van der Waals surface area contributed by atoms with E-state index in [1.165, 1.54) is 17.6 Å². The third kappa shape index (κ3) is 5.28. The van der Waals surface area contributed by atoms with Crippen LogP contribution in [0.15, 0.2) is 64.5 Å². The number of oxime groups is 1. The zero-order valence-corrected chi connectivity index (χ0v) is 29.1. The fraction of sp³-hybridized carbons (Fsp3) is 0.216. The number of rotatable bonds is 8. The zero-order valence-electron chi connectivity index (χ0n) is 29.1. The van der Waals surface area contributed by atoms with E-state index in [2.05, 4.69) is 5.16 Å². The summed E-state index contributed by atoms with van der Waals surface area (Å²) in [4.78, 5) is 84.3. The Balaban J connectivity index is 1.15. The lowest BCUT2D eigenvalue weighted by Crippen LogP contribution is -2.48. The van der Waals surface area contributed by atoms with Crippen LogP contribution in [0.3, 0.4) is 0 Å². The smallest absolute Gasteiger partial charge is 0.355 e. The van der Waals surface area contributed by atoms with Gasteiger partial charge in [-0.05, 0) is 50.1 Å². The molecule has 0 saturated carbocycles. The third-order valence-electron chi connectivity index (χ3n) is 10.1. The van der Waals surface area contributed by atoms with Gasteiger partial charge in [0.1, 0.15) is 12.3 Å². The van der Waals surface area contributed by atoms with Crippen LogP contribution in [-0.4, -0.2) is 48.6 Å². The largest absolute Gasteiger partial charge is 0.457 e. The van der Waals surface area contributed by atoms with Gasteiger partial charge < -0.3 is 18.9 Å². The second-order valence-corrected chi connectivity index (χ2v) is 13.3. The van der Waals surface area contributed by atoms with Crippen LogP contribution in [0, 0.1) is 44.2 Å². The fourth-order valence-corrected chi connectivity index (χ4v) is 7.58. The van der Waals surface area contributed by atoms with Crippen LogP contribution in [0.2, 0.25) is 0 Å². The van der Waals surface area contributed by atoms with Gasteiger partial charge in [0, 0.05) is 51.4 Å². The van der Waals surface area contributed by atoms with E-state index in [0.717, 1.165) is 34.7 Å². The number of carbonyl (C=O) groups is 2. The molecule has 18 heteroatoms. The van der Waals surface area contributed by atoms with Crippen LogP contribution in [0.25, 0.3) is 33.4 Å². The summed E-state index contributed by atoms with van der Waals surface area (Å²) < 4.78 is 12.7. The number of nitro benzene ring substituents is 3. The summed E-state index contributed by atoms with van der Waals surface area (Å²) in [6.07, 6.45) is -0.143. The lowest BCUT2D eigenvalue weighted by Gasteiger charge is -2.35. The van der Waals surface area contributed by atoms with Crippen molar-refractivity contribution in [1.29, 1.82) is 0 Å². The molecule has 2 aliphatic heterocycles. The summed E-state index contributed by atoms with van der Waals surface area (Å²) in [7, 11) is 0. The molecule has 0 bridgehead atoms. The average Bonchev–Trinajstić information content (AvgIpc) is 3.66. The Morgan fingerprint density at radius 2 is 1.65 bits per heavy atom. The molecule has 2 aromatic heterocycles. The Bertz CT molecular complexity index is 2740. The molecule has 0 fully saturated rings. The number of hydrogen-bond acceptors (Lipinski definition) is 14. The lowest BCUT2D eigenvalue weighted by atomic mass is 9.85. The molecular weight excluding hydrogens is 720 g/mol. The standard InChI is InChI=1S/C37H26N6O12/c1-4-37(26-13-29-33-20(9-19-7-17(2)5-6-27(19)38-33)14-40(29)35(45)25(26)15-53-36(37)46)55-30(44)16-54-39-34-23-10-21(41(47)48)8-18(3)31(23)32-24(34)11-22(42(49)50)12-28(32)43(51)52/h5-13H,4,14-16H2,1-3H3/b39-34-/t37-/m0/s1. The molecule has 1 aliphatic carbocycles. The van der Waals surface area contributed by atoms with Crippen molar-refractivity contribution in [2.75, 3.05) is 6.61 Å². The van der Waals surface area contributed by atoms with Crippen LogP contribution >= 0.6 is 0 Å². The molecule has 0 radical (unpaired) electrons. The summed E-state index contributed by atoms with van der Waals surface area (Å²) in [5.41, 5.74) is -0.494. The topological polar surface area (TPSA) is 238 Å². The maximum atomic E-state index is 13.9. The minimum Gasteiger partial charge on any atom is -0.457 e. The summed E-state index contributed by atoms with van der Waals surface area (Å²) in [5, 5.41) is 40.4. The number of ether oxygens (including phenoxy) is 2. The first-order valence-electron chi connectivity index (χ1n) is 16.8. The van der Waals surface area contributed by atoms with Gasteiger partial charge in [-0.1, -0.05) is 23.7 Å². The van der Waals surface area contributed by atoms with E-state index in [1.54, 1.807) is 13.0 Å². The Morgan fingerprint density at radius 1 is 0.945 bits per heavy atom. The molecule has 0 N–H and O–H groups in total. The first-order chi connectivity index (χ1) is 26.2. The van der Waals surface area contributed by atoms with Crippen molar-refractivity contribution in [2.24, 2.45) is 5.16 Å². The number of aromatic nitrogens is 2. The highest BCUT2D eigenvalue weighted by atomic mass is 16.7. The first kappa shape index (κ1) is 34.7. The van der Waals surface area contributed by atoms with Gasteiger partial charge in [0.2, 0.25) is 12.2 Å². The van der Waals surface area contributed by atoms with E-state index in [1.807, 2.05) is 31.2 Å². The van der Waals surface area contributed by atoms with Crippen LogP contribution in [0.5, 0.6) is 0 Å². The molecule has 4 heterocycles. The number of aryl methyl sites for hydroxylation is 2. The fourth-order valence-electron chi connectivity index (χ4n) is 7.58. The number of hydrogen-bond donors (Lipinski definition) is 0. The Morgan fingerprint density at radius 3 is 2.35 bits per heavy atom. The summed E-state index contributed by atoms with van der Waals surface area (Å²) in [6, 6.07) is 13.4. The zero-order chi connectivity index (χ0) is 39.1. The molecule has 3 aliphatic rings. The second kappa shape index (κ2) is 12.4. The molecule has 18 nitrogen and oxygen atoms in total. The highest BCUT2D eigenvalue weighted by Crippen LogP contribution is 2.48. The maximum Gasteiger partial charge on any atom is 0.355 e. The minimum absolute atomic E-state index is 0.000358. The number of pyridine rings is 2. The van der Waals surface area contributed by atoms with Crippen molar-refractivity contribution in [3.8, 4) is 22.5 Å². The van der Waals surface area contributed by atoms with Crippen LogP contribution in [0.1, 0.15) is 52.3 Å². The van der Waals surface area contributed by atoms with E-state index >= 15 is 0 Å². The molecule has 0 saturated heterocycles. The highest BCUT2D eigenvalue weighted by Gasteiger charge is 2.50. The maximum absolute atomic E-state index is 13.9. The number of carbonyl (C=O) groups excluding carboxylic acids is 2. The highest BCUT2D eigenvalue weighted by molar-refractivity contribution is 6.26. The number of esters is 2. The minimum atomic E-state index is -2.07. The molecule has 0 spiro atoms. The summed E-state index contributed by atoms with van der Waals surface area (Å²) in [6.45, 7) is 3.93. The van der Waals surface area contributed by atoms with Gasteiger partial charge in [0.25, 0.3) is 22.6 Å². The van der Waals surface area contributed by atoms with Gasteiger partial charge in [0.05, 0.1) is 55.4 Å². The van der Waals surface area contributed by atoms with Gasteiger partial charge in [0.15, 0.2) is 0 Å². The summed E-state index contributed by atoms with van der Waals surface area (Å²) >= 11 is 0. The molecule has 5 aromatic rings. The van der Waals surface area contributed by atoms with E-state index in [4.69, 9.17) is 19.3 Å². The predicted octanol–water partition coefficient (Wildman–Crippen LogP) is 5.42. The molecule has 276 valence electrons. The predicted molar refractivity (Wildman–Crippen MR) is 191 cm³/mol. The molecule has 55 heavy (non-hydrogen) atoms. The van der Waals surface area contributed by atoms with Crippen molar-refractivity contribution >= 4 is 45.6 Å². The number of fused-ring (bicyclic) bond motifs is 8. The van der Waals surface area contributed by atoms with Crippen molar-refractivity contribution in [2.45, 2.75) is 45.9 Å². The van der Waals surface area contributed by atoms with Gasteiger partial charge in [-0.15, -0.1) is 0 Å². The van der Waals surface area contributed by atoms with Gasteiger partial charge in [-0.25, -0.2) is 14.6 Å². The first-order valence-corrected chi connectivity index (χ1v) is 16.8. The van der Waals surface area contributed by atoms with Crippen LogP contribution < -0.4 is 5.56 Å². The van der Waals surface area contributed by atoms with Crippen molar-refractivity contribution < 1.29 is 38.7 Å². The summed E-state index contributed by atoms with van der Waals surface area (Å²) in [5.74, 6) is -2.05. The number of benzene rings is 3.